The zero-order chi connectivity index (χ0) is 17.4. The molecule has 0 radical (unpaired) electrons. The summed E-state index contributed by atoms with van der Waals surface area (Å²) < 4.78 is 5.63. The molecule has 0 amide bonds. The van der Waals surface area contributed by atoms with Crippen molar-refractivity contribution < 1.29 is 19.4 Å². The van der Waals surface area contributed by atoms with E-state index in [4.69, 9.17) is 4.74 Å². The number of fused-ring (bicyclic) bond motifs is 1. The minimum absolute atomic E-state index is 0.0657. The van der Waals surface area contributed by atoms with Crippen LogP contribution in [0.15, 0.2) is 12.2 Å². The maximum absolute atomic E-state index is 12.2. The first-order valence-electron chi connectivity index (χ1n) is 9.70. The fourth-order valence-electron chi connectivity index (χ4n) is 3.85. The smallest absolute Gasteiger partial charge is 0.306 e. The van der Waals surface area contributed by atoms with Gasteiger partial charge in [0, 0.05) is 24.7 Å². The van der Waals surface area contributed by atoms with E-state index in [1.54, 1.807) is 0 Å². The van der Waals surface area contributed by atoms with E-state index in [-0.39, 0.29) is 36.1 Å². The van der Waals surface area contributed by atoms with Crippen LogP contribution in [0.25, 0.3) is 0 Å². The van der Waals surface area contributed by atoms with Crippen molar-refractivity contribution in [1.82, 2.24) is 0 Å². The highest BCUT2D eigenvalue weighted by Gasteiger charge is 2.39. The van der Waals surface area contributed by atoms with Crippen molar-refractivity contribution in [1.29, 1.82) is 0 Å². The largest absolute Gasteiger partial charge is 0.458 e. The summed E-state index contributed by atoms with van der Waals surface area (Å²) in [6, 6.07) is 0. The Bertz CT molecular complexity index is 443. The van der Waals surface area contributed by atoms with Crippen molar-refractivity contribution >= 4 is 11.8 Å². The van der Waals surface area contributed by atoms with Crippen LogP contribution in [0.1, 0.15) is 77.6 Å². The number of aliphatic hydroxyl groups excluding tert-OH is 1. The number of ether oxygens (including phenoxy) is 1. The normalized spacial score (nSPS) is 33.8. The standard InChI is InChI=1S/C20H32O4/c1-2-3-6-9-15-12-13-17-16(18(21)14-19(17)22)10-7-4-5-8-11-20(23)24-15/h12-13,15-17,19,22H,2-11,14H2,1H3/b13-12-/t15-,16-,17?,19-/m1/s1. The molecule has 0 aromatic carbocycles. The molecular weight excluding hydrogens is 304 g/mol. The first kappa shape index (κ1) is 19.2. The van der Waals surface area contributed by atoms with Gasteiger partial charge >= 0.3 is 5.97 Å². The van der Waals surface area contributed by atoms with Gasteiger partial charge in [0.25, 0.3) is 0 Å². The molecule has 0 saturated heterocycles. The molecule has 1 N–H and O–H groups in total. The van der Waals surface area contributed by atoms with Gasteiger partial charge in [0.15, 0.2) is 0 Å². The minimum atomic E-state index is -0.587. The zero-order valence-electron chi connectivity index (χ0n) is 14.9. The van der Waals surface area contributed by atoms with Gasteiger partial charge in [-0.15, -0.1) is 0 Å². The molecule has 1 heterocycles. The predicted octanol–water partition coefficient (Wildman–Crippen LogP) is 3.96. The molecule has 1 aliphatic heterocycles. The average molecular weight is 336 g/mol. The van der Waals surface area contributed by atoms with E-state index in [2.05, 4.69) is 6.92 Å². The summed E-state index contributed by atoms with van der Waals surface area (Å²) in [5.74, 6) is -0.124. The van der Waals surface area contributed by atoms with Crippen LogP contribution in [0.5, 0.6) is 0 Å². The van der Waals surface area contributed by atoms with Gasteiger partial charge in [-0.3, -0.25) is 9.59 Å². The van der Waals surface area contributed by atoms with Crippen LogP contribution in [0.4, 0.5) is 0 Å². The number of carbonyl (C=O) groups is 2. The summed E-state index contributed by atoms with van der Waals surface area (Å²) in [5, 5.41) is 10.2. The van der Waals surface area contributed by atoms with Crippen molar-refractivity contribution in [2.45, 2.75) is 89.8 Å². The number of cyclic esters (lactones) is 1. The Labute approximate surface area is 145 Å². The van der Waals surface area contributed by atoms with Crippen LogP contribution in [-0.4, -0.2) is 29.1 Å². The van der Waals surface area contributed by atoms with E-state index >= 15 is 0 Å². The van der Waals surface area contributed by atoms with Crippen molar-refractivity contribution in [2.75, 3.05) is 0 Å². The second-order valence-electron chi connectivity index (χ2n) is 7.28. The van der Waals surface area contributed by atoms with Gasteiger partial charge in [0.05, 0.1) is 6.10 Å². The van der Waals surface area contributed by atoms with Crippen molar-refractivity contribution in [2.24, 2.45) is 11.8 Å². The van der Waals surface area contributed by atoms with Gasteiger partial charge in [0.1, 0.15) is 11.9 Å². The molecular formula is C20H32O4. The Balaban J connectivity index is 2.08. The third-order valence-electron chi connectivity index (χ3n) is 5.30. The van der Waals surface area contributed by atoms with Gasteiger partial charge in [0.2, 0.25) is 0 Å². The lowest BCUT2D eigenvalue weighted by molar-refractivity contribution is -0.147. The fraction of sp³-hybridized carbons (Fsp3) is 0.800. The number of rotatable bonds is 4. The number of aliphatic hydroxyl groups is 1. The summed E-state index contributed by atoms with van der Waals surface area (Å²) in [4.78, 5) is 24.2. The number of hydrogen-bond donors (Lipinski definition) is 1. The lowest BCUT2D eigenvalue weighted by Gasteiger charge is -2.19. The predicted molar refractivity (Wildman–Crippen MR) is 93.5 cm³/mol. The molecule has 2 aliphatic rings. The van der Waals surface area contributed by atoms with Gasteiger partial charge in [-0.25, -0.2) is 0 Å². The SMILES string of the molecule is CCCCC[C@@H]1/C=C\C2[C@H](O)CC(=O)[C@@H]2CCCCCCC(=O)O1. The van der Waals surface area contributed by atoms with Crippen LogP contribution >= 0.6 is 0 Å². The molecule has 0 aromatic heterocycles. The Kier molecular flexibility index (Phi) is 7.97. The molecule has 24 heavy (non-hydrogen) atoms. The van der Waals surface area contributed by atoms with Gasteiger partial charge < -0.3 is 9.84 Å². The highest BCUT2D eigenvalue weighted by molar-refractivity contribution is 5.84. The van der Waals surface area contributed by atoms with Crippen LogP contribution in [0.2, 0.25) is 0 Å². The van der Waals surface area contributed by atoms with Crippen LogP contribution < -0.4 is 0 Å². The summed E-state index contributed by atoms with van der Waals surface area (Å²) in [6.07, 6.45) is 12.6. The van der Waals surface area contributed by atoms with E-state index in [0.717, 1.165) is 57.8 Å². The average Bonchev–Trinajstić information content (AvgIpc) is 2.81. The Morgan fingerprint density at radius 2 is 1.92 bits per heavy atom. The number of hydrogen-bond acceptors (Lipinski definition) is 4. The van der Waals surface area contributed by atoms with Crippen LogP contribution in [0, 0.1) is 11.8 Å². The molecule has 1 fully saturated rings. The molecule has 2 rings (SSSR count). The van der Waals surface area contributed by atoms with Gasteiger partial charge in [-0.1, -0.05) is 45.1 Å². The topological polar surface area (TPSA) is 63.6 Å². The first-order valence-corrected chi connectivity index (χ1v) is 9.70. The Morgan fingerprint density at radius 3 is 2.71 bits per heavy atom. The third kappa shape index (κ3) is 5.73. The monoisotopic (exact) mass is 336 g/mol. The van der Waals surface area contributed by atoms with Crippen molar-refractivity contribution in [3.8, 4) is 0 Å². The van der Waals surface area contributed by atoms with Crippen molar-refractivity contribution in [3.05, 3.63) is 12.2 Å². The molecule has 0 spiro atoms. The van der Waals surface area contributed by atoms with E-state index in [0.29, 0.717) is 6.42 Å². The third-order valence-corrected chi connectivity index (χ3v) is 5.30. The minimum Gasteiger partial charge on any atom is -0.458 e. The van der Waals surface area contributed by atoms with E-state index in [1.165, 1.54) is 0 Å². The summed E-state index contributed by atoms with van der Waals surface area (Å²) in [7, 11) is 0. The van der Waals surface area contributed by atoms with Crippen molar-refractivity contribution in [3.63, 3.8) is 0 Å². The Morgan fingerprint density at radius 1 is 1.12 bits per heavy atom. The number of carbonyl (C=O) groups excluding carboxylic acids is 2. The summed E-state index contributed by atoms with van der Waals surface area (Å²) in [5.41, 5.74) is 0. The number of esters is 1. The van der Waals surface area contributed by atoms with Crippen LogP contribution in [-0.2, 0) is 14.3 Å². The second-order valence-corrected chi connectivity index (χ2v) is 7.28. The molecule has 136 valence electrons. The lowest BCUT2D eigenvalue weighted by Crippen LogP contribution is -2.20. The molecule has 4 heteroatoms. The maximum atomic E-state index is 12.2. The molecule has 1 aliphatic carbocycles. The highest BCUT2D eigenvalue weighted by Crippen LogP contribution is 2.34. The molecule has 1 saturated carbocycles. The molecule has 4 nitrogen and oxygen atoms in total. The Hall–Kier alpha value is -1.16. The van der Waals surface area contributed by atoms with E-state index < -0.39 is 6.10 Å². The fourth-order valence-corrected chi connectivity index (χ4v) is 3.85. The molecule has 1 unspecified atom stereocenters. The van der Waals surface area contributed by atoms with Gasteiger partial charge in [-0.2, -0.15) is 0 Å². The molecule has 0 bridgehead atoms. The summed E-state index contributed by atoms with van der Waals surface area (Å²) in [6.45, 7) is 2.15. The summed E-state index contributed by atoms with van der Waals surface area (Å²) >= 11 is 0. The van der Waals surface area contributed by atoms with Gasteiger partial charge in [-0.05, 0) is 31.8 Å². The number of ketones is 1. The first-order chi connectivity index (χ1) is 11.6. The number of Topliss-reactive ketones (excluding diaryl/α,β-unsaturated/α-hetero) is 1. The number of unbranched alkanes of at least 4 members (excludes halogenated alkanes) is 2. The van der Waals surface area contributed by atoms with E-state index in [1.807, 2.05) is 12.2 Å². The van der Waals surface area contributed by atoms with Crippen LogP contribution in [0.3, 0.4) is 0 Å². The van der Waals surface area contributed by atoms with E-state index in [9.17, 15) is 14.7 Å². The maximum Gasteiger partial charge on any atom is 0.306 e. The molecule has 4 atom stereocenters. The molecule has 0 aromatic rings. The quantitative estimate of drug-likeness (QED) is 0.479. The second kappa shape index (κ2) is 9.97. The highest BCUT2D eigenvalue weighted by atomic mass is 16.5. The zero-order valence-corrected chi connectivity index (χ0v) is 14.9. The lowest BCUT2D eigenvalue weighted by atomic mass is 9.88.